The Morgan fingerprint density at radius 2 is 2.18 bits per heavy atom. The molecule has 0 aliphatic heterocycles. The van der Waals surface area contributed by atoms with E-state index in [2.05, 4.69) is 39.4 Å². The molecule has 0 heterocycles. The first-order valence-corrected chi connectivity index (χ1v) is 7.98. The summed E-state index contributed by atoms with van der Waals surface area (Å²) >= 11 is 3.59. The van der Waals surface area contributed by atoms with Gasteiger partial charge in [0, 0.05) is 10.0 Å². The number of hydrogen-bond donors (Lipinski definition) is 1. The second-order valence-electron chi connectivity index (χ2n) is 5.47. The van der Waals surface area contributed by atoms with E-state index in [1.807, 2.05) is 6.07 Å². The molecule has 4 heteroatoms. The second-order valence-corrected chi connectivity index (χ2v) is 6.33. The number of rotatable bonds is 3. The van der Waals surface area contributed by atoms with Crippen molar-refractivity contribution < 1.29 is 4.79 Å². The van der Waals surface area contributed by atoms with Gasteiger partial charge in [0.15, 0.2) is 5.78 Å². The maximum Gasteiger partial charge on any atom is 0.159 e. The van der Waals surface area contributed by atoms with Gasteiger partial charge in [-0.3, -0.25) is 4.79 Å². The fraction of sp³-hybridized carbons (Fsp3) is 0.222. The Balaban J connectivity index is 1.95. The predicted molar refractivity (Wildman–Crippen MR) is 90.0 cm³/mol. The SMILES string of the molecule is CC(=O)c1ccc(C#N)c(NC2CCc3c(Br)cccc32)c1. The molecular formula is C18H15BrN2O. The lowest BCUT2D eigenvalue weighted by Crippen LogP contribution is -2.09. The lowest BCUT2D eigenvalue weighted by Gasteiger charge is -2.17. The van der Waals surface area contributed by atoms with Crippen molar-refractivity contribution >= 4 is 27.4 Å². The fourth-order valence-corrected chi connectivity index (χ4v) is 3.51. The summed E-state index contributed by atoms with van der Waals surface area (Å²) in [5.74, 6) is 0.00195. The van der Waals surface area contributed by atoms with Gasteiger partial charge in [0.2, 0.25) is 0 Å². The highest BCUT2D eigenvalue weighted by Crippen LogP contribution is 2.38. The number of benzene rings is 2. The first-order valence-electron chi connectivity index (χ1n) is 7.19. The molecule has 0 saturated carbocycles. The molecular weight excluding hydrogens is 340 g/mol. The summed E-state index contributed by atoms with van der Waals surface area (Å²) < 4.78 is 1.13. The van der Waals surface area contributed by atoms with Crippen molar-refractivity contribution in [2.75, 3.05) is 5.32 Å². The molecule has 1 unspecified atom stereocenters. The molecule has 0 spiro atoms. The summed E-state index contributed by atoms with van der Waals surface area (Å²) in [4.78, 5) is 11.6. The fourth-order valence-electron chi connectivity index (χ4n) is 2.93. The number of nitriles is 1. The number of halogens is 1. The van der Waals surface area contributed by atoms with E-state index >= 15 is 0 Å². The van der Waals surface area contributed by atoms with E-state index in [0.29, 0.717) is 11.1 Å². The van der Waals surface area contributed by atoms with Gasteiger partial charge in [-0.2, -0.15) is 5.26 Å². The lowest BCUT2D eigenvalue weighted by atomic mass is 10.0. The molecule has 2 aromatic rings. The standard InChI is InChI=1S/C18H15BrN2O/c1-11(22)12-5-6-13(10-20)18(9-12)21-17-8-7-14-15(17)3-2-4-16(14)19/h2-6,9,17,21H,7-8H2,1H3. The number of carbonyl (C=O) groups is 1. The zero-order valence-electron chi connectivity index (χ0n) is 12.2. The molecule has 110 valence electrons. The molecule has 0 aromatic heterocycles. The Bertz CT molecular complexity index is 792. The van der Waals surface area contributed by atoms with Crippen molar-refractivity contribution in [1.82, 2.24) is 0 Å². The van der Waals surface area contributed by atoms with E-state index in [1.165, 1.54) is 18.1 Å². The molecule has 0 fully saturated rings. The molecule has 1 aliphatic rings. The molecule has 3 nitrogen and oxygen atoms in total. The summed E-state index contributed by atoms with van der Waals surface area (Å²) in [6.45, 7) is 1.53. The van der Waals surface area contributed by atoms with Gasteiger partial charge in [0.1, 0.15) is 6.07 Å². The molecule has 0 bridgehead atoms. The minimum absolute atomic E-state index is 0.00195. The number of fused-ring (bicyclic) bond motifs is 1. The van der Waals surface area contributed by atoms with Crippen molar-refractivity contribution in [1.29, 1.82) is 5.26 Å². The third kappa shape index (κ3) is 2.65. The van der Waals surface area contributed by atoms with Crippen LogP contribution in [0.2, 0.25) is 0 Å². The summed E-state index contributed by atoms with van der Waals surface area (Å²) in [5.41, 5.74) is 4.49. The van der Waals surface area contributed by atoms with E-state index in [0.717, 1.165) is 23.0 Å². The minimum atomic E-state index is 0.00195. The highest BCUT2D eigenvalue weighted by atomic mass is 79.9. The van der Waals surface area contributed by atoms with Gasteiger partial charge in [0.25, 0.3) is 0 Å². The first-order chi connectivity index (χ1) is 10.6. The van der Waals surface area contributed by atoms with Crippen molar-refractivity contribution in [3.8, 4) is 6.07 Å². The number of carbonyl (C=O) groups excluding carboxylic acids is 1. The number of nitrogens with zero attached hydrogens (tertiary/aromatic N) is 1. The van der Waals surface area contributed by atoms with E-state index < -0.39 is 0 Å². The van der Waals surface area contributed by atoms with Crippen molar-refractivity contribution in [3.05, 3.63) is 63.1 Å². The first kappa shape index (κ1) is 14.8. The summed E-state index contributed by atoms with van der Waals surface area (Å²) in [6.07, 6.45) is 1.98. The Kier molecular flexibility index (Phi) is 4.00. The van der Waals surface area contributed by atoms with Gasteiger partial charge in [-0.25, -0.2) is 0 Å². The molecule has 0 saturated heterocycles. The molecule has 0 radical (unpaired) electrons. The Morgan fingerprint density at radius 3 is 2.91 bits per heavy atom. The highest BCUT2D eigenvalue weighted by Gasteiger charge is 2.24. The van der Waals surface area contributed by atoms with Gasteiger partial charge in [-0.05, 0) is 55.2 Å². The zero-order valence-corrected chi connectivity index (χ0v) is 13.8. The Hall–Kier alpha value is -2.12. The van der Waals surface area contributed by atoms with Crippen molar-refractivity contribution in [2.24, 2.45) is 0 Å². The van der Waals surface area contributed by atoms with Gasteiger partial charge in [-0.1, -0.05) is 28.1 Å². The van der Waals surface area contributed by atoms with E-state index in [4.69, 9.17) is 0 Å². The smallest absolute Gasteiger partial charge is 0.159 e. The van der Waals surface area contributed by atoms with Gasteiger partial charge < -0.3 is 5.32 Å². The van der Waals surface area contributed by atoms with E-state index in [9.17, 15) is 10.1 Å². The van der Waals surface area contributed by atoms with E-state index in [-0.39, 0.29) is 11.8 Å². The third-order valence-electron chi connectivity index (χ3n) is 4.09. The molecule has 2 aromatic carbocycles. The van der Waals surface area contributed by atoms with Crippen LogP contribution in [0.25, 0.3) is 0 Å². The van der Waals surface area contributed by atoms with Gasteiger partial charge in [-0.15, -0.1) is 0 Å². The molecule has 3 rings (SSSR count). The van der Waals surface area contributed by atoms with Crippen LogP contribution in [0.4, 0.5) is 5.69 Å². The number of anilines is 1. The van der Waals surface area contributed by atoms with Crippen LogP contribution in [0.1, 0.15) is 46.4 Å². The van der Waals surface area contributed by atoms with Crippen LogP contribution in [-0.4, -0.2) is 5.78 Å². The molecule has 1 N–H and O–H groups in total. The number of hydrogen-bond acceptors (Lipinski definition) is 3. The van der Waals surface area contributed by atoms with Crippen LogP contribution in [-0.2, 0) is 6.42 Å². The van der Waals surface area contributed by atoms with Crippen LogP contribution >= 0.6 is 15.9 Å². The normalized spacial score (nSPS) is 16.0. The quantitative estimate of drug-likeness (QED) is 0.818. The third-order valence-corrected chi connectivity index (χ3v) is 4.83. The topological polar surface area (TPSA) is 52.9 Å². The van der Waals surface area contributed by atoms with Crippen LogP contribution in [0.5, 0.6) is 0 Å². The van der Waals surface area contributed by atoms with Crippen LogP contribution < -0.4 is 5.32 Å². The summed E-state index contributed by atoms with van der Waals surface area (Å²) in [5, 5.41) is 12.7. The maximum absolute atomic E-state index is 11.6. The molecule has 0 amide bonds. The molecule has 22 heavy (non-hydrogen) atoms. The number of nitrogens with one attached hydrogen (secondary N) is 1. The summed E-state index contributed by atoms with van der Waals surface area (Å²) in [7, 11) is 0. The summed E-state index contributed by atoms with van der Waals surface area (Å²) in [6, 6.07) is 13.7. The Labute approximate surface area is 138 Å². The average Bonchev–Trinajstić information content (AvgIpc) is 2.92. The molecule has 1 atom stereocenters. The Morgan fingerprint density at radius 1 is 1.36 bits per heavy atom. The van der Waals surface area contributed by atoms with Crippen molar-refractivity contribution in [3.63, 3.8) is 0 Å². The second kappa shape index (κ2) is 5.94. The van der Waals surface area contributed by atoms with Crippen LogP contribution in [0.3, 0.4) is 0 Å². The molecule has 1 aliphatic carbocycles. The minimum Gasteiger partial charge on any atom is -0.377 e. The van der Waals surface area contributed by atoms with Crippen LogP contribution in [0, 0.1) is 11.3 Å². The van der Waals surface area contributed by atoms with E-state index in [1.54, 1.807) is 18.2 Å². The largest absolute Gasteiger partial charge is 0.377 e. The lowest BCUT2D eigenvalue weighted by molar-refractivity contribution is 0.101. The highest BCUT2D eigenvalue weighted by molar-refractivity contribution is 9.10. The van der Waals surface area contributed by atoms with Gasteiger partial charge in [0.05, 0.1) is 17.3 Å². The zero-order chi connectivity index (χ0) is 15.7. The predicted octanol–water partition coefficient (Wildman–Crippen LogP) is 4.62. The number of Topliss-reactive ketones (excluding diaryl/α,β-unsaturated/α-hetero) is 1. The van der Waals surface area contributed by atoms with Crippen LogP contribution in [0.15, 0.2) is 40.9 Å². The average molecular weight is 355 g/mol. The number of ketones is 1. The monoisotopic (exact) mass is 354 g/mol. The van der Waals surface area contributed by atoms with Crippen molar-refractivity contribution in [2.45, 2.75) is 25.8 Å². The maximum atomic E-state index is 11.6. The van der Waals surface area contributed by atoms with Gasteiger partial charge >= 0.3 is 0 Å².